The van der Waals surface area contributed by atoms with Gasteiger partial charge in [-0.3, -0.25) is 0 Å². The molecule has 4 bridgehead atoms. The largest absolute Gasteiger partial charge is 0.380 e. The Bertz CT molecular complexity index is 247. The summed E-state index contributed by atoms with van der Waals surface area (Å²) in [5, 5.41) is 9.85. The van der Waals surface area contributed by atoms with Gasteiger partial charge in [0.15, 0.2) is 0 Å². The lowest BCUT2D eigenvalue weighted by Crippen LogP contribution is -2.48. The molecule has 0 aromatic carbocycles. The second kappa shape index (κ2) is 3.00. The van der Waals surface area contributed by atoms with Gasteiger partial charge < -0.3 is 5.11 Å². The molecule has 1 nitrogen and oxygen atoms in total. The van der Waals surface area contributed by atoms with Gasteiger partial charge in [-0.2, -0.15) is 0 Å². The van der Waals surface area contributed by atoms with Crippen molar-refractivity contribution in [3.63, 3.8) is 0 Å². The van der Waals surface area contributed by atoms with Gasteiger partial charge in [0.25, 0.3) is 0 Å². The standard InChI is InChI=1S/C13H18O/c1-2-12(14)13-10-4-8-3-9(6-10)7-11(13)5-8/h1,8-14H,3-7H2. The van der Waals surface area contributed by atoms with Crippen LogP contribution < -0.4 is 0 Å². The molecule has 1 N–H and O–H groups in total. The highest BCUT2D eigenvalue weighted by Crippen LogP contribution is 2.57. The van der Waals surface area contributed by atoms with Crippen molar-refractivity contribution in [1.29, 1.82) is 0 Å². The molecule has 1 unspecified atom stereocenters. The zero-order valence-electron chi connectivity index (χ0n) is 8.52. The number of hydrogen-bond donors (Lipinski definition) is 1. The van der Waals surface area contributed by atoms with E-state index in [1.807, 2.05) is 0 Å². The lowest BCUT2D eigenvalue weighted by molar-refractivity contribution is -0.0737. The van der Waals surface area contributed by atoms with Gasteiger partial charge >= 0.3 is 0 Å². The summed E-state index contributed by atoms with van der Waals surface area (Å²) in [6.07, 6.45) is 11.7. The van der Waals surface area contributed by atoms with E-state index >= 15 is 0 Å². The van der Waals surface area contributed by atoms with Crippen molar-refractivity contribution < 1.29 is 5.11 Å². The maximum atomic E-state index is 9.85. The van der Waals surface area contributed by atoms with E-state index in [0.29, 0.717) is 5.92 Å². The molecule has 4 aliphatic rings. The van der Waals surface area contributed by atoms with E-state index < -0.39 is 6.10 Å². The van der Waals surface area contributed by atoms with Crippen LogP contribution in [0.2, 0.25) is 0 Å². The summed E-state index contributed by atoms with van der Waals surface area (Å²) >= 11 is 0. The molecule has 4 saturated carbocycles. The first-order valence-corrected chi connectivity index (χ1v) is 5.92. The summed E-state index contributed by atoms with van der Waals surface area (Å²) in [7, 11) is 0. The fourth-order valence-corrected chi connectivity index (χ4v) is 4.59. The zero-order chi connectivity index (χ0) is 9.71. The number of rotatable bonds is 1. The van der Waals surface area contributed by atoms with E-state index in [1.165, 1.54) is 32.1 Å². The summed E-state index contributed by atoms with van der Waals surface area (Å²) < 4.78 is 0. The molecular formula is C13H18O. The van der Waals surface area contributed by atoms with Crippen LogP contribution in [0.1, 0.15) is 32.1 Å². The second-order valence-corrected chi connectivity index (χ2v) is 5.62. The van der Waals surface area contributed by atoms with Crippen molar-refractivity contribution in [2.24, 2.45) is 29.6 Å². The minimum absolute atomic E-state index is 0.438. The molecule has 4 aliphatic carbocycles. The highest BCUT2D eigenvalue weighted by atomic mass is 16.3. The van der Waals surface area contributed by atoms with Crippen LogP contribution in [-0.4, -0.2) is 11.2 Å². The topological polar surface area (TPSA) is 20.2 Å². The molecule has 14 heavy (non-hydrogen) atoms. The Hall–Kier alpha value is -0.480. The highest BCUT2D eigenvalue weighted by Gasteiger charge is 2.49. The first-order chi connectivity index (χ1) is 6.78. The Morgan fingerprint density at radius 3 is 1.93 bits per heavy atom. The maximum absolute atomic E-state index is 9.85. The predicted octanol–water partition coefficient (Wildman–Crippen LogP) is 2.05. The Balaban J connectivity index is 1.85. The summed E-state index contributed by atoms with van der Waals surface area (Å²) in [6.45, 7) is 0. The minimum Gasteiger partial charge on any atom is -0.380 e. The quantitative estimate of drug-likeness (QED) is 0.627. The van der Waals surface area contributed by atoms with Gasteiger partial charge in [-0.05, 0) is 55.8 Å². The normalized spacial score (nSPS) is 51.6. The molecule has 4 rings (SSSR count). The van der Waals surface area contributed by atoms with Gasteiger partial charge in [0.1, 0.15) is 6.10 Å². The van der Waals surface area contributed by atoms with E-state index in [2.05, 4.69) is 5.92 Å². The van der Waals surface area contributed by atoms with Crippen LogP contribution in [0.25, 0.3) is 0 Å². The number of hydrogen-bond acceptors (Lipinski definition) is 1. The third kappa shape index (κ3) is 1.13. The number of aliphatic hydroxyl groups excluding tert-OH is 1. The van der Waals surface area contributed by atoms with Crippen LogP contribution in [-0.2, 0) is 0 Å². The van der Waals surface area contributed by atoms with E-state index in [4.69, 9.17) is 6.42 Å². The van der Waals surface area contributed by atoms with Crippen molar-refractivity contribution in [1.82, 2.24) is 0 Å². The Kier molecular flexibility index (Phi) is 1.89. The molecule has 0 heterocycles. The fraction of sp³-hybridized carbons (Fsp3) is 0.846. The van der Waals surface area contributed by atoms with Crippen molar-refractivity contribution in [2.45, 2.75) is 38.2 Å². The first-order valence-electron chi connectivity index (χ1n) is 5.92. The average molecular weight is 190 g/mol. The molecular weight excluding hydrogens is 172 g/mol. The Labute approximate surface area is 85.9 Å². The monoisotopic (exact) mass is 190 g/mol. The van der Waals surface area contributed by atoms with Crippen LogP contribution in [0.3, 0.4) is 0 Å². The number of terminal acetylenes is 1. The van der Waals surface area contributed by atoms with Gasteiger partial charge in [0, 0.05) is 5.92 Å². The summed E-state index contributed by atoms with van der Waals surface area (Å²) in [5.74, 6) is 6.42. The molecule has 4 fully saturated rings. The molecule has 0 spiro atoms. The molecule has 0 aromatic heterocycles. The van der Waals surface area contributed by atoms with Crippen LogP contribution in [0.4, 0.5) is 0 Å². The van der Waals surface area contributed by atoms with E-state index in [0.717, 1.165) is 23.7 Å². The summed E-state index contributed by atoms with van der Waals surface area (Å²) in [4.78, 5) is 0. The lowest BCUT2D eigenvalue weighted by atomic mass is 9.51. The molecule has 0 amide bonds. The highest BCUT2D eigenvalue weighted by molar-refractivity contribution is 5.07. The van der Waals surface area contributed by atoms with Gasteiger partial charge in [0.05, 0.1) is 0 Å². The minimum atomic E-state index is -0.468. The van der Waals surface area contributed by atoms with Crippen molar-refractivity contribution in [2.75, 3.05) is 0 Å². The summed E-state index contributed by atoms with van der Waals surface area (Å²) in [6, 6.07) is 0. The fourth-order valence-electron chi connectivity index (χ4n) is 4.59. The van der Waals surface area contributed by atoms with Crippen molar-refractivity contribution in [3.05, 3.63) is 0 Å². The second-order valence-electron chi connectivity index (χ2n) is 5.62. The van der Waals surface area contributed by atoms with Crippen molar-refractivity contribution >= 4 is 0 Å². The lowest BCUT2D eigenvalue weighted by Gasteiger charge is -2.55. The molecule has 1 heteroatoms. The van der Waals surface area contributed by atoms with Crippen LogP contribution in [0.5, 0.6) is 0 Å². The van der Waals surface area contributed by atoms with Crippen molar-refractivity contribution in [3.8, 4) is 12.3 Å². The van der Waals surface area contributed by atoms with E-state index in [-0.39, 0.29) is 0 Å². The molecule has 0 radical (unpaired) electrons. The average Bonchev–Trinajstić information content (AvgIpc) is 2.15. The molecule has 1 atom stereocenters. The van der Waals surface area contributed by atoms with Crippen LogP contribution >= 0.6 is 0 Å². The molecule has 76 valence electrons. The summed E-state index contributed by atoms with van der Waals surface area (Å²) in [5.41, 5.74) is 0. The van der Waals surface area contributed by atoms with Gasteiger partial charge in [-0.25, -0.2) is 0 Å². The van der Waals surface area contributed by atoms with Gasteiger partial charge in [-0.15, -0.1) is 6.42 Å². The Morgan fingerprint density at radius 2 is 1.50 bits per heavy atom. The smallest absolute Gasteiger partial charge is 0.117 e. The SMILES string of the molecule is C#CC(O)C1C2CC3CC(C2)CC1C3. The van der Waals surface area contributed by atoms with E-state index in [9.17, 15) is 5.11 Å². The van der Waals surface area contributed by atoms with Gasteiger partial charge in [-0.1, -0.05) is 5.92 Å². The number of aliphatic hydroxyl groups is 1. The first kappa shape index (κ1) is 8.80. The van der Waals surface area contributed by atoms with Gasteiger partial charge in [0.2, 0.25) is 0 Å². The maximum Gasteiger partial charge on any atom is 0.117 e. The molecule has 0 aliphatic heterocycles. The Morgan fingerprint density at radius 1 is 1.00 bits per heavy atom. The van der Waals surface area contributed by atoms with Crippen LogP contribution in [0.15, 0.2) is 0 Å². The zero-order valence-corrected chi connectivity index (χ0v) is 8.52. The molecule has 0 aromatic rings. The van der Waals surface area contributed by atoms with Crippen LogP contribution in [0, 0.1) is 41.9 Å². The third-order valence-corrected chi connectivity index (χ3v) is 4.84. The van der Waals surface area contributed by atoms with E-state index in [1.54, 1.807) is 0 Å². The third-order valence-electron chi connectivity index (χ3n) is 4.84. The molecule has 0 saturated heterocycles. The predicted molar refractivity (Wildman–Crippen MR) is 55.4 cm³/mol.